The van der Waals surface area contributed by atoms with Gasteiger partial charge in [-0.05, 0) is 38.0 Å². The third-order valence-corrected chi connectivity index (χ3v) is 3.61. The quantitative estimate of drug-likeness (QED) is 0.794. The van der Waals surface area contributed by atoms with Gasteiger partial charge in [0.25, 0.3) is 0 Å². The van der Waals surface area contributed by atoms with Gasteiger partial charge in [-0.3, -0.25) is 4.79 Å². The molecule has 0 aliphatic carbocycles. The summed E-state index contributed by atoms with van der Waals surface area (Å²) in [6, 6.07) is 7.22. The van der Waals surface area contributed by atoms with E-state index < -0.39 is 12.0 Å². The molecular weight excluding hydrogens is 240 g/mol. The van der Waals surface area contributed by atoms with Crippen LogP contribution in [0.3, 0.4) is 0 Å². The summed E-state index contributed by atoms with van der Waals surface area (Å²) in [6.07, 6.45) is 0.720. The summed E-state index contributed by atoms with van der Waals surface area (Å²) in [4.78, 5) is 13.3. The highest BCUT2D eigenvalue weighted by molar-refractivity contribution is 5.74. The summed E-state index contributed by atoms with van der Waals surface area (Å²) in [6.45, 7) is 8.12. The van der Waals surface area contributed by atoms with E-state index in [0.29, 0.717) is 0 Å². The van der Waals surface area contributed by atoms with Crippen molar-refractivity contribution in [3.8, 4) is 0 Å². The number of rotatable bonds is 7. The number of carboxylic acid groups (broad SMARTS) is 1. The van der Waals surface area contributed by atoms with Gasteiger partial charge in [0.05, 0.1) is 0 Å². The molecule has 0 saturated heterocycles. The molecule has 1 rings (SSSR count). The smallest absolute Gasteiger partial charge is 0.321 e. The maximum absolute atomic E-state index is 11.0. The highest BCUT2D eigenvalue weighted by Crippen LogP contribution is 2.25. The van der Waals surface area contributed by atoms with E-state index >= 15 is 0 Å². The van der Waals surface area contributed by atoms with Crippen molar-refractivity contribution >= 4 is 11.7 Å². The lowest BCUT2D eigenvalue weighted by Gasteiger charge is -2.23. The van der Waals surface area contributed by atoms with Gasteiger partial charge in [-0.2, -0.15) is 0 Å². The van der Waals surface area contributed by atoms with Crippen LogP contribution in [0.4, 0.5) is 5.69 Å². The standard InChI is InChI=1S/C15H24N2O2/c1-4-13(14(16)15(18)19)11-7-9-12(10-8-11)17(5-2)6-3/h7-10,13-14H,4-6,16H2,1-3H3,(H,18,19). The fourth-order valence-electron chi connectivity index (χ4n) is 2.39. The normalized spacial score (nSPS) is 13.9. The summed E-state index contributed by atoms with van der Waals surface area (Å²) in [5, 5.41) is 9.03. The van der Waals surface area contributed by atoms with Gasteiger partial charge in [0.1, 0.15) is 6.04 Å². The molecule has 4 heteroatoms. The van der Waals surface area contributed by atoms with Crippen molar-refractivity contribution in [2.45, 2.75) is 39.2 Å². The van der Waals surface area contributed by atoms with Gasteiger partial charge in [-0.15, -0.1) is 0 Å². The van der Waals surface area contributed by atoms with Gasteiger partial charge in [-0.1, -0.05) is 19.1 Å². The Morgan fingerprint density at radius 3 is 2.11 bits per heavy atom. The predicted molar refractivity (Wildman–Crippen MR) is 78.6 cm³/mol. The number of anilines is 1. The maximum atomic E-state index is 11.0. The average molecular weight is 264 g/mol. The number of benzene rings is 1. The molecule has 1 aromatic carbocycles. The second-order valence-electron chi connectivity index (χ2n) is 4.64. The second kappa shape index (κ2) is 7.14. The SMILES string of the molecule is CCC(c1ccc(N(CC)CC)cc1)C(N)C(=O)O. The maximum Gasteiger partial charge on any atom is 0.321 e. The van der Waals surface area contributed by atoms with E-state index in [1.54, 1.807) is 0 Å². The molecule has 0 saturated carbocycles. The largest absolute Gasteiger partial charge is 0.480 e. The van der Waals surface area contributed by atoms with Crippen LogP contribution in [0.1, 0.15) is 38.7 Å². The lowest BCUT2D eigenvalue weighted by Crippen LogP contribution is -2.36. The molecule has 0 aromatic heterocycles. The van der Waals surface area contributed by atoms with E-state index in [0.717, 1.165) is 30.8 Å². The third-order valence-electron chi connectivity index (χ3n) is 3.61. The van der Waals surface area contributed by atoms with Crippen molar-refractivity contribution in [3.63, 3.8) is 0 Å². The fraction of sp³-hybridized carbons (Fsp3) is 0.533. The van der Waals surface area contributed by atoms with Gasteiger partial charge in [0.2, 0.25) is 0 Å². The lowest BCUT2D eigenvalue weighted by molar-refractivity contribution is -0.139. The number of nitrogens with two attached hydrogens (primary N) is 1. The molecule has 0 aliphatic rings. The summed E-state index contributed by atoms with van der Waals surface area (Å²) in [5.74, 6) is -1.08. The Bertz CT molecular complexity index is 399. The Hall–Kier alpha value is -1.55. The van der Waals surface area contributed by atoms with Gasteiger partial charge in [0, 0.05) is 24.7 Å². The van der Waals surface area contributed by atoms with Crippen LogP contribution >= 0.6 is 0 Å². The molecule has 0 bridgehead atoms. The lowest BCUT2D eigenvalue weighted by atomic mass is 9.89. The molecule has 0 spiro atoms. The number of carboxylic acids is 1. The Balaban J connectivity index is 2.93. The van der Waals surface area contributed by atoms with E-state index in [1.807, 2.05) is 31.2 Å². The molecule has 0 radical (unpaired) electrons. The molecule has 3 N–H and O–H groups in total. The molecule has 0 amide bonds. The molecule has 0 heterocycles. The van der Waals surface area contributed by atoms with Crippen LogP contribution in [-0.4, -0.2) is 30.2 Å². The molecule has 0 aliphatic heterocycles. The van der Waals surface area contributed by atoms with Crippen LogP contribution in [0.5, 0.6) is 0 Å². The molecule has 0 fully saturated rings. The topological polar surface area (TPSA) is 66.6 Å². The number of nitrogens with zero attached hydrogens (tertiary/aromatic N) is 1. The van der Waals surface area contributed by atoms with Crippen LogP contribution in [-0.2, 0) is 4.79 Å². The monoisotopic (exact) mass is 264 g/mol. The molecule has 106 valence electrons. The molecule has 4 nitrogen and oxygen atoms in total. The molecular formula is C15H24N2O2. The van der Waals surface area contributed by atoms with E-state index in [4.69, 9.17) is 10.8 Å². The van der Waals surface area contributed by atoms with Gasteiger partial charge >= 0.3 is 5.97 Å². The zero-order chi connectivity index (χ0) is 14.4. The van der Waals surface area contributed by atoms with Crippen LogP contribution in [0.15, 0.2) is 24.3 Å². The first-order chi connectivity index (χ1) is 9.04. The van der Waals surface area contributed by atoms with E-state index in [-0.39, 0.29) is 5.92 Å². The van der Waals surface area contributed by atoms with Gasteiger partial charge in [-0.25, -0.2) is 0 Å². The van der Waals surface area contributed by atoms with Crippen molar-refractivity contribution in [3.05, 3.63) is 29.8 Å². The van der Waals surface area contributed by atoms with Crippen LogP contribution in [0.2, 0.25) is 0 Å². The summed E-state index contributed by atoms with van der Waals surface area (Å²) < 4.78 is 0. The number of carbonyl (C=O) groups is 1. The Labute approximate surface area is 115 Å². The third kappa shape index (κ3) is 3.70. The van der Waals surface area contributed by atoms with Crippen molar-refractivity contribution in [1.29, 1.82) is 0 Å². The molecule has 19 heavy (non-hydrogen) atoms. The van der Waals surface area contributed by atoms with Crippen LogP contribution in [0.25, 0.3) is 0 Å². The average Bonchev–Trinajstić information content (AvgIpc) is 2.42. The summed E-state index contributed by atoms with van der Waals surface area (Å²) in [5.41, 5.74) is 7.90. The summed E-state index contributed by atoms with van der Waals surface area (Å²) in [7, 11) is 0. The first-order valence-electron chi connectivity index (χ1n) is 6.88. The minimum absolute atomic E-state index is 0.136. The second-order valence-corrected chi connectivity index (χ2v) is 4.64. The van der Waals surface area contributed by atoms with Crippen LogP contribution < -0.4 is 10.6 Å². The van der Waals surface area contributed by atoms with Crippen molar-refractivity contribution in [2.24, 2.45) is 5.73 Å². The Morgan fingerprint density at radius 1 is 1.21 bits per heavy atom. The highest BCUT2D eigenvalue weighted by Gasteiger charge is 2.24. The first-order valence-corrected chi connectivity index (χ1v) is 6.88. The number of aliphatic carboxylic acids is 1. The van der Waals surface area contributed by atoms with E-state index in [2.05, 4.69) is 18.7 Å². The van der Waals surface area contributed by atoms with E-state index in [1.165, 1.54) is 0 Å². The molecule has 1 aromatic rings. The first kappa shape index (κ1) is 15.5. The van der Waals surface area contributed by atoms with Crippen LogP contribution in [0, 0.1) is 0 Å². The van der Waals surface area contributed by atoms with Crippen molar-refractivity contribution in [1.82, 2.24) is 0 Å². The van der Waals surface area contributed by atoms with Gasteiger partial charge in [0.15, 0.2) is 0 Å². The zero-order valence-electron chi connectivity index (χ0n) is 12.0. The zero-order valence-corrected chi connectivity index (χ0v) is 12.0. The minimum atomic E-state index is -0.945. The Morgan fingerprint density at radius 2 is 1.74 bits per heavy atom. The van der Waals surface area contributed by atoms with E-state index in [9.17, 15) is 4.79 Å². The van der Waals surface area contributed by atoms with Crippen molar-refractivity contribution < 1.29 is 9.90 Å². The molecule has 2 atom stereocenters. The summed E-state index contributed by atoms with van der Waals surface area (Å²) >= 11 is 0. The Kier molecular flexibility index (Phi) is 5.83. The van der Waals surface area contributed by atoms with Crippen molar-refractivity contribution in [2.75, 3.05) is 18.0 Å². The predicted octanol–water partition coefficient (Wildman–Crippen LogP) is 2.44. The highest BCUT2D eigenvalue weighted by atomic mass is 16.4. The fourth-order valence-corrected chi connectivity index (χ4v) is 2.39. The molecule has 2 unspecified atom stereocenters. The minimum Gasteiger partial charge on any atom is -0.480 e. The number of hydrogen-bond acceptors (Lipinski definition) is 3. The number of hydrogen-bond donors (Lipinski definition) is 2. The van der Waals surface area contributed by atoms with Gasteiger partial charge < -0.3 is 15.7 Å².